The highest BCUT2D eigenvalue weighted by atomic mass is 32.1. The quantitative estimate of drug-likeness (QED) is 0.207. The normalized spacial score (nSPS) is 14.7. The Balaban J connectivity index is 1.59. The molecular formula is C35H36N2O7S. The van der Waals surface area contributed by atoms with E-state index in [4.69, 9.17) is 23.6 Å². The summed E-state index contributed by atoms with van der Waals surface area (Å²) in [6, 6.07) is 15.5. The van der Waals surface area contributed by atoms with E-state index < -0.39 is 12.0 Å². The molecule has 2 aromatic heterocycles. The molecule has 0 N–H and O–H groups in total. The SMILES string of the molecule is CCCC1=C(C(=O)OCC)[C@H](c2cccc(OC)c2)n2c(s/c(=C/c3ccc(-c4ccc(C(=O)OC(C)C)cc4C)o3)c2=O)=N1. The largest absolute Gasteiger partial charge is 0.497 e. The number of allylic oxidation sites excluding steroid dienone is 1. The van der Waals surface area contributed by atoms with E-state index in [1.54, 1.807) is 42.9 Å². The zero-order chi connectivity index (χ0) is 32.2. The van der Waals surface area contributed by atoms with Crippen LogP contribution in [0.4, 0.5) is 0 Å². The van der Waals surface area contributed by atoms with Crippen molar-refractivity contribution in [2.45, 2.75) is 59.6 Å². The lowest BCUT2D eigenvalue weighted by atomic mass is 9.94. The van der Waals surface area contributed by atoms with Gasteiger partial charge in [0.15, 0.2) is 4.80 Å². The molecule has 45 heavy (non-hydrogen) atoms. The van der Waals surface area contributed by atoms with Gasteiger partial charge in [0.2, 0.25) is 0 Å². The lowest BCUT2D eigenvalue weighted by molar-refractivity contribution is -0.139. The van der Waals surface area contributed by atoms with Gasteiger partial charge in [-0.1, -0.05) is 42.9 Å². The van der Waals surface area contributed by atoms with Crippen molar-refractivity contribution < 1.29 is 28.2 Å². The summed E-state index contributed by atoms with van der Waals surface area (Å²) in [6.07, 6.45) is 2.79. The topological polar surface area (TPSA) is 109 Å². The highest BCUT2D eigenvalue weighted by Gasteiger charge is 2.34. The van der Waals surface area contributed by atoms with Crippen molar-refractivity contribution in [3.05, 3.63) is 108 Å². The van der Waals surface area contributed by atoms with E-state index in [9.17, 15) is 14.4 Å². The van der Waals surface area contributed by atoms with Gasteiger partial charge in [-0.05, 0) is 81.6 Å². The molecule has 3 heterocycles. The van der Waals surface area contributed by atoms with Crippen molar-refractivity contribution in [2.24, 2.45) is 4.99 Å². The fourth-order valence-electron chi connectivity index (χ4n) is 5.30. The van der Waals surface area contributed by atoms with E-state index in [1.807, 2.05) is 64.1 Å². The van der Waals surface area contributed by atoms with Gasteiger partial charge in [0.05, 0.1) is 47.2 Å². The van der Waals surface area contributed by atoms with E-state index in [0.717, 1.165) is 17.5 Å². The maximum absolute atomic E-state index is 14.0. The minimum Gasteiger partial charge on any atom is -0.497 e. The summed E-state index contributed by atoms with van der Waals surface area (Å²) in [6.45, 7) is 9.48. The van der Waals surface area contributed by atoms with Crippen LogP contribution in [0.25, 0.3) is 17.4 Å². The summed E-state index contributed by atoms with van der Waals surface area (Å²) in [4.78, 5) is 45.1. The van der Waals surface area contributed by atoms with Crippen molar-refractivity contribution in [2.75, 3.05) is 13.7 Å². The van der Waals surface area contributed by atoms with E-state index in [-0.39, 0.29) is 24.2 Å². The van der Waals surface area contributed by atoms with Crippen molar-refractivity contribution in [3.8, 4) is 17.1 Å². The van der Waals surface area contributed by atoms with Gasteiger partial charge < -0.3 is 18.6 Å². The fourth-order valence-corrected chi connectivity index (χ4v) is 6.30. The van der Waals surface area contributed by atoms with Crippen molar-refractivity contribution in [1.29, 1.82) is 0 Å². The lowest BCUT2D eigenvalue weighted by Gasteiger charge is -2.26. The van der Waals surface area contributed by atoms with Crippen LogP contribution in [0.2, 0.25) is 0 Å². The molecule has 1 aliphatic heterocycles. The Morgan fingerprint density at radius 2 is 1.89 bits per heavy atom. The molecule has 0 unspecified atom stereocenters. The van der Waals surface area contributed by atoms with Crippen LogP contribution in [0, 0.1) is 6.92 Å². The lowest BCUT2D eigenvalue weighted by Crippen LogP contribution is -2.40. The first-order valence-electron chi connectivity index (χ1n) is 14.9. The van der Waals surface area contributed by atoms with Crippen molar-refractivity contribution in [3.63, 3.8) is 0 Å². The van der Waals surface area contributed by atoms with E-state index in [2.05, 4.69) is 0 Å². The number of rotatable bonds is 10. The Hall–Kier alpha value is -4.70. The third kappa shape index (κ3) is 6.56. The second kappa shape index (κ2) is 13.5. The minimum absolute atomic E-state index is 0.196. The van der Waals surface area contributed by atoms with Crippen LogP contribution in [0.5, 0.6) is 5.75 Å². The maximum atomic E-state index is 14.0. The molecule has 0 radical (unpaired) electrons. The van der Waals surface area contributed by atoms with Gasteiger partial charge in [-0.3, -0.25) is 9.36 Å². The number of hydrogen-bond acceptors (Lipinski definition) is 9. The number of carbonyl (C=O) groups is 2. The Morgan fingerprint density at radius 1 is 1.09 bits per heavy atom. The molecule has 0 saturated heterocycles. The van der Waals surface area contributed by atoms with E-state index in [1.165, 1.54) is 11.3 Å². The number of thiazole rings is 1. The Kier molecular flexibility index (Phi) is 9.53. The number of furan rings is 1. The molecular weight excluding hydrogens is 592 g/mol. The summed E-state index contributed by atoms with van der Waals surface area (Å²) < 4.78 is 24.4. The first-order valence-corrected chi connectivity index (χ1v) is 15.7. The third-order valence-electron chi connectivity index (χ3n) is 7.27. The molecule has 0 aliphatic carbocycles. The summed E-state index contributed by atoms with van der Waals surface area (Å²) in [5, 5.41) is 0. The number of benzene rings is 2. The molecule has 234 valence electrons. The first kappa shape index (κ1) is 31.7. The monoisotopic (exact) mass is 628 g/mol. The highest BCUT2D eigenvalue weighted by Crippen LogP contribution is 2.34. The van der Waals surface area contributed by atoms with E-state index in [0.29, 0.717) is 55.4 Å². The number of fused-ring (bicyclic) bond motifs is 1. The fraction of sp³-hybridized carbons (Fsp3) is 0.314. The molecule has 5 rings (SSSR count). The number of ether oxygens (including phenoxy) is 3. The maximum Gasteiger partial charge on any atom is 0.338 e. The molecule has 0 spiro atoms. The molecule has 0 fully saturated rings. The van der Waals surface area contributed by atoms with Gasteiger partial charge in [0.25, 0.3) is 5.56 Å². The number of aromatic nitrogens is 1. The van der Waals surface area contributed by atoms with Crippen molar-refractivity contribution in [1.82, 2.24) is 4.57 Å². The van der Waals surface area contributed by atoms with Crippen molar-refractivity contribution >= 4 is 29.4 Å². The smallest absolute Gasteiger partial charge is 0.338 e. The predicted molar refractivity (Wildman–Crippen MR) is 172 cm³/mol. The number of carbonyl (C=O) groups excluding carboxylic acids is 2. The second-order valence-electron chi connectivity index (χ2n) is 10.9. The molecule has 0 bridgehead atoms. The van der Waals surface area contributed by atoms with Gasteiger partial charge >= 0.3 is 11.9 Å². The number of methoxy groups -OCH3 is 1. The van der Waals surface area contributed by atoms with Gasteiger partial charge in [-0.2, -0.15) is 0 Å². The zero-order valence-electron chi connectivity index (χ0n) is 26.2. The Bertz CT molecular complexity index is 1960. The second-order valence-corrected chi connectivity index (χ2v) is 11.9. The van der Waals surface area contributed by atoms with Gasteiger partial charge in [0.1, 0.15) is 17.3 Å². The summed E-state index contributed by atoms with van der Waals surface area (Å²) in [5.41, 5.74) is 3.50. The van der Waals surface area contributed by atoms with Gasteiger partial charge in [-0.15, -0.1) is 0 Å². The van der Waals surface area contributed by atoms with Crippen LogP contribution in [-0.2, 0) is 14.3 Å². The van der Waals surface area contributed by atoms with Gasteiger partial charge in [0, 0.05) is 11.6 Å². The number of aryl methyl sites for hydroxylation is 1. The third-order valence-corrected chi connectivity index (χ3v) is 8.26. The predicted octanol–water partition coefficient (Wildman–Crippen LogP) is 5.72. The minimum atomic E-state index is -0.741. The first-order chi connectivity index (χ1) is 21.6. The summed E-state index contributed by atoms with van der Waals surface area (Å²) >= 11 is 1.24. The standard InChI is InChI=1S/C35H36N2O7S/c1-7-10-27-30(34(40)42-8-2)31(22-11-9-12-24(18-22)41-6)37-32(38)29(45-35(37)36-27)19-25-14-16-28(44-25)26-15-13-23(17-21(26)5)33(39)43-20(3)4/h9,11-20,31H,7-8,10H2,1-6H3/b29-19+/t31-/m0/s1. The van der Waals surface area contributed by atoms with Crippen LogP contribution in [-0.4, -0.2) is 36.3 Å². The Morgan fingerprint density at radius 3 is 2.58 bits per heavy atom. The molecule has 10 heteroatoms. The van der Waals surface area contributed by atoms with Crippen LogP contribution in [0.1, 0.15) is 73.8 Å². The molecule has 0 amide bonds. The molecule has 1 aliphatic rings. The van der Waals surface area contributed by atoms with Gasteiger partial charge in [-0.25, -0.2) is 14.6 Å². The average Bonchev–Trinajstić information content (AvgIpc) is 3.60. The molecule has 9 nitrogen and oxygen atoms in total. The number of hydrogen-bond donors (Lipinski definition) is 0. The number of nitrogens with zero attached hydrogens (tertiary/aromatic N) is 2. The van der Waals surface area contributed by atoms with Crippen LogP contribution in [0.15, 0.2) is 80.1 Å². The van der Waals surface area contributed by atoms with E-state index >= 15 is 0 Å². The highest BCUT2D eigenvalue weighted by molar-refractivity contribution is 7.07. The summed E-state index contributed by atoms with van der Waals surface area (Å²) in [5.74, 6) is 0.806. The summed E-state index contributed by atoms with van der Waals surface area (Å²) in [7, 11) is 1.57. The molecule has 4 aromatic rings. The van der Waals surface area contributed by atoms with Crippen LogP contribution >= 0.6 is 11.3 Å². The van der Waals surface area contributed by atoms with Crippen LogP contribution in [0.3, 0.4) is 0 Å². The number of esters is 2. The Labute approximate surface area is 265 Å². The molecule has 0 saturated carbocycles. The zero-order valence-corrected chi connectivity index (χ0v) is 27.0. The average molecular weight is 629 g/mol. The molecule has 2 aromatic carbocycles. The molecule has 1 atom stereocenters. The van der Waals surface area contributed by atoms with Crippen LogP contribution < -0.4 is 19.6 Å².